The van der Waals surface area contributed by atoms with Crippen LogP contribution < -0.4 is 39.2 Å². The summed E-state index contributed by atoms with van der Waals surface area (Å²) in [5, 5.41) is 32.5. The summed E-state index contributed by atoms with van der Waals surface area (Å²) >= 11 is 10.00. The number of anilines is 1. The van der Waals surface area contributed by atoms with Gasteiger partial charge in [0.05, 0.1) is 25.4 Å². The van der Waals surface area contributed by atoms with Crippen LogP contribution in [0.1, 0.15) is 99.8 Å². The number of carbonyl (C=O) groups is 1. The number of carbonyl (C=O) groups excluding carboxylic acids is 1. The number of Topliss-reactive ketones (excluding diaryl/α,β-unsaturated/α-hetero) is 1. The van der Waals surface area contributed by atoms with Crippen LogP contribution in [0.15, 0.2) is 32.8 Å². The fourth-order valence-electron chi connectivity index (χ4n) is 6.35. The molecule has 23 heteroatoms. The Labute approximate surface area is 386 Å². The van der Waals surface area contributed by atoms with Crippen LogP contribution in [-0.2, 0) is 4.79 Å². The van der Waals surface area contributed by atoms with Gasteiger partial charge in [0.1, 0.15) is 61.6 Å². The number of methoxy groups -OCH3 is 2. The number of ketones is 1. The predicted octanol–water partition coefficient (Wildman–Crippen LogP) is 1.04. The van der Waals surface area contributed by atoms with Crippen molar-refractivity contribution in [2.45, 2.75) is 81.2 Å². The molecule has 3 aliphatic rings. The number of rotatable bonds is 5. The maximum atomic E-state index is 11.0. The fourth-order valence-corrected chi connectivity index (χ4v) is 7.95. The van der Waals surface area contributed by atoms with Crippen LogP contribution >= 0.6 is 47.8 Å². The Morgan fingerprint density at radius 2 is 1.13 bits per heavy atom. The second-order valence-electron chi connectivity index (χ2n) is 12.7. The number of halogens is 4. The fraction of sp³-hybridized carbons (Fsp3) is 0.469. The number of ether oxygens (including phenoxy) is 2. The molecular formula is C32H37Br3IMgN13O5. The number of aliphatic hydroxyl groups is 2. The topological polar surface area (TPSA) is 231 Å². The van der Waals surface area contributed by atoms with E-state index in [1.165, 1.54) is 30.6 Å². The van der Waals surface area contributed by atoms with Gasteiger partial charge in [0.25, 0.3) is 0 Å². The molecule has 0 amide bonds. The Morgan fingerprint density at radius 3 is 1.51 bits per heavy atom. The minimum absolute atomic E-state index is 0. The summed E-state index contributed by atoms with van der Waals surface area (Å²) in [5.74, 6) is 3.16. The van der Waals surface area contributed by atoms with Crippen molar-refractivity contribution in [2.24, 2.45) is 0 Å². The van der Waals surface area contributed by atoms with Crippen LogP contribution in [0, 0.1) is 7.35 Å². The molecule has 0 radical (unpaired) electrons. The first-order chi connectivity index (χ1) is 28.9. The molecular weight excluding hydrogens is 1040 g/mol. The van der Waals surface area contributed by atoms with Crippen LogP contribution in [0.3, 0.4) is 0 Å². The zero-order valence-corrected chi connectivity index (χ0v) is 37.3. The van der Waals surface area contributed by atoms with Gasteiger partial charge >= 0.3 is 23.1 Å². The minimum atomic E-state index is -2.39. The van der Waals surface area contributed by atoms with Gasteiger partial charge in [0, 0.05) is 38.8 Å². The summed E-state index contributed by atoms with van der Waals surface area (Å²) in [4.78, 5) is 36.1. The summed E-state index contributed by atoms with van der Waals surface area (Å²) in [6, 6.07) is 0. The van der Waals surface area contributed by atoms with Crippen molar-refractivity contribution >= 4 is 99.0 Å². The molecule has 3 fully saturated rings. The summed E-state index contributed by atoms with van der Waals surface area (Å²) in [7, 11) is 2.21. The van der Waals surface area contributed by atoms with Gasteiger partial charge < -0.3 is 56.8 Å². The molecule has 18 nitrogen and oxygen atoms in total. The van der Waals surface area contributed by atoms with E-state index in [1.807, 2.05) is 0 Å². The van der Waals surface area contributed by atoms with Crippen molar-refractivity contribution in [3.05, 3.63) is 57.6 Å². The van der Waals surface area contributed by atoms with Gasteiger partial charge in [-0.05, 0) is 87.2 Å². The Morgan fingerprint density at radius 1 is 0.764 bits per heavy atom. The number of nitrogen functional groups attached to an aromatic ring is 1. The monoisotopic (exact) mass is 1080 g/mol. The second kappa shape index (κ2) is 17.6. The smallest absolute Gasteiger partial charge is 1.00 e. The van der Waals surface area contributed by atoms with Gasteiger partial charge in [0.2, 0.25) is 11.8 Å². The number of hydrogen-bond acceptors (Lipinski definition) is 15. The molecule has 6 aromatic heterocycles. The average molecular weight is 1080 g/mol. The standard InChI is InChI=1S/C11H13BrN4O2.C10H12BrN5O.C10H9BrN4O2.CH3.HI.Mg/c1-11(17)3-6(4-11)9-15-8(12)7-10(18-2)13-5-14-16(7)9;1-10(17)2-5(3-10)9-15-7(11)6-8(12)13-4-14-16(6)9;1-17-10-7-8(11)14-9(5-2-6(16)3-5)15(7)13-4-12-10;;;/h5-6,17H,3-4H2,1-2H3;4-5,17H,2-3H2,1H3,(H2,12,13,14);4-5H,2-3H2,1H3;1H3;1H;/q;;;-1;;+2/p-1/i2*1D3;;1D3;;. The first-order valence-electron chi connectivity index (χ1n) is 20.2. The first kappa shape index (κ1) is 33.5. The second-order valence-corrected chi connectivity index (χ2v) is 14.9. The molecule has 0 unspecified atom stereocenters. The number of hydrogen-bond donors (Lipinski definition) is 3. The van der Waals surface area contributed by atoms with E-state index in [2.05, 4.69) is 93.0 Å². The Bertz CT molecular complexity index is 2600. The average Bonchev–Trinajstić information content (AvgIpc) is 3.80. The van der Waals surface area contributed by atoms with Crippen molar-refractivity contribution in [3.63, 3.8) is 0 Å². The van der Waals surface area contributed by atoms with Gasteiger partial charge in [-0.2, -0.15) is 25.3 Å². The molecule has 0 spiro atoms. The normalized spacial score (nSPS) is 25.5. The molecule has 0 bridgehead atoms. The largest absolute Gasteiger partial charge is 2.00 e. The van der Waals surface area contributed by atoms with Crippen LogP contribution in [0.5, 0.6) is 11.8 Å². The van der Waals surface area contributed by atoms with Crippen molar-refractivity contribution in [3.8, 4) is 11.8 Å². The van der Waals surface area contributed by atoms with E-state index in [0.717, 1.165) is 5.82 Å². The zero-order chi connectivity index (χ0) is 45.7. The Balaban J connectivity index is 0.000000200. The third-order valence-electron chi connectivity index (χ3n) is 8.97. The van der Waals surface area contributed by atoms with E-state index in [-0.39, 0.29) is 102 Å². The maximum absolute atomic E-state index is 11.0. The Kier molecular flexibility index (Phi) is 10.7. The van der Waals surface area contributed by atoms with E-state index in [0.29, 0.717) is 66.6 Å². The molecule has 3 saturated carbocycles. The van der Waals surface area contributed by atoms with Gasteiger partial charge in [-0.3, -0.25) is 4.79 Å². The van der Waals surface area contributed by atoms with Crippen LogP contribution in [0.2, 0.25) is 0 Å². The maximum Gasteiger partial charge on any atom is 2.00 e. The molecule has 0 atom stereocenters. The molecule has 0 aromatic carbocycles. The first-order valence-corrected chi connectivity index (χ1v) is 18.1. The molecule has 0 saturated heterocycles. The zero-order valence-electron chi connectivity index (χ0n) is 38.0. The van der Waals surface area contributed by atoms with E-state index in [1.54, 1.807) is 16.1 Å². The molecule has 6 aromatic rings. The number of imidazole rings is 3. The molecule has 0 aliphatic heterocycles. The number of aromatic nitrogens is 12. The van der Waals surface area contributed by atoms with E-state index < -0.39 is 32.3 Å². The molecule has 55 heavy (non-hydrogen) atoms. The van der Waals surface area contributed by atoms with Gasteiger partial charge in [-0.1, -0.05) is 0 Å². The van der Waals surface area contributed by atoms with E-state index in [4.69, 9.17) is 27.5 Å². The van der Waals surface area contributed by atoms with Crippen molar-refractivity contribution < 1.29 is 60.8 Å². The number of nitrogens with two attached hydrogens (primary N) is 1. The SMILES string of the molecule is COc1ncnn2c(C3CC(=O)C3)nc(Br)c12.[2H]C([2H])([2H])C1(O)CC(c2nc(Br)c3c(N)ncnn23)C1.[2H]C([2H])([2H])C1(O)CC(c2nc(Br)c3c(OC)ncnn23)C1.[2H][C-]([2H])[2H].[I-].[Mg+2]. The van der Waals surface area contributed by atoms with Crippen LogP contribution in [-0.4, -0.2) is 123 Å². The van der Waals surface area contributed by atoms with Gasteiger partial charge in [-0.15, -0.1) is 0 Å². The molecule has 4 N–H and O–H groups in total. The molecule has 290 valence electrons. The van der Waals surface area contributed by atoms with Crippen LogP contribution in [0.25, 0.3) is 16.6 Å². The van der Waals surface area contributed by atoms with Crippen LogP contribution in [0.4, 0.5) is 5.82 Å². The van der Waals surface area contributed by atoms with Crippen molar-refractivity contribution in [1.29, 1.82) is 0 Å². The van der Waals surface area contributed by atoms with Crippen molar-refractivity contribution in [2.75, 3.05) is 20.0 Å². The predicted molar refractivity (Wildman–Crippen MR) is 207 cm³/mol. The van der Waals surface area contributed by atoms with E-state index in [9.17, 15) is 15.0 Å². The van der Waals surface area contributed by atoms with Crippen molar-refractivity contribution in [1.82, 2.24) is 58.7 Å². The Hall–Kier alpha value is -2.42. The molecule has 9 rings (SSSR count). The number of nitrogens with zero attached hydrogens (tertiary/aromatic N) is 12. The van der Waals surface area contributed by atoms with E-state index >= 15 is 0 Å². The number of fused-ring (bicyclic) bond motifs is 3. The summed E-state index contributed by atoms with van der Waals surface area (Å²) in [6.45, 7) is -4.78. The minimum Gasteiger partial charge on any atom is -1.00 e. The van der Waals surface area contributed by atoms with Gasteiger partial charge in [0.15, 0.2) is 16.9 Å². The quantitative estimate of drug-likeness (QED) is 0.124. The molecule has 6 heterocycles. The third kappa shape index (κ3) is 8.87. The summed E-state index contributed by atoms with van der Waals surface area (Å²) in [5.41, 5.74) is 4.31. The summed E-state index contributed by atoms with van der Waals surface area (Å²) in [6.07, 6.45) is 5.66. The molecule has 3 aliphatic carbocycles. The van der Waals surface area contributed by atoms with Gasteiger partial charge in [-0.25, -0.2) is 37.6 Å². The third-order valence-corrected chi connectivity index (χ3v) is 10.6. The summed E-state index contributed by atoms with van der Waals surface area (Å²) < 4.78 is 78.4.